The summed E-state index contributed by atoms with van der Waals surface area (Å²) >= 11 is 1.88. The van der Waals surface area contributed by atoms with E-state index >= 15 is 0 Å². The van der Waals surface area contributed by atoms with Gasteiger partial charge in [-0.05, 0) is 47.5 Å². The van der Waals surface area contributed by atoms with Gasteiger partial charge in [0.15, 0.2) is 0 Å². The van der Waals surface area contributed by atoms with Crippen molar-refractivity contribution in [1.29, 1.82) is 0 Å². The van der Waals surface area contributed by atoms with Gasteiger partial charge in [0.25, 0.3) is 0 Å². The molecule has 3 aromatic carbocycles. The Morgan fingerprint density at radius 3 is 2.60 bits per heavy atom. The number of hydrogen-bond acceptors (Lipinski definition) is 2. The summed E-state index contributed by atoms with van der Waals surface area (Å²) in [6.07, 6.45) is 0. The quantitative estimate of drug-likeness (QED) is 0.445. The van der Waals surface area contributed by atoms with E-state index in [1.54, 1.807) is 7.11 Å². The summed E-state index contributed by atoms with van der Waals surface area (Å²) < 4.78 is 8.09. The maximum Gasteiger partial charge on any atom is 0.119 e. The van der Waals surface area contributed by atoms with E-state index in [1.807, 2.05) is 17.4 Å². The fourth-order valence-electron chi connectivity index (χ4n) is 2.89. The number of thiophene rings is 1. The third-order valence-electron chi connectivity index (χ3n) is 3.94. The minimum atomic E-state index is 0.913. The van der Waals surface area contributed by atoms with Gasteiger partial charge in [-0.2, -0.15) is 0 Å². The topological polar surface area (TPSA) is 9.23 Å². The van der Waals surface area contributed by atoms with E-state index in [4.69, 9.17) is 4.74 Å². The van der Waals surface area contributed by atoms with Crippen molar-refractivity contribution >= 4 is 42.3 Å². The van der Waals surface area contributed by atoms with Crippen LogP contribution in [-0.2, 0) is 0 Å². The standard InChI is InChI=1S/C18H14OS/c1-11-14-8-7-13(19-2)9-12(14)10-16-15-5-3-4-6-17(15)20-18(11)16/h3-10H,1-2H3. The van der Waals surface area contributed by atoms with Gasteiger partial charge >= 0.3 is 0 Å². The summed E-state index contributed by atoms with van der Waals surface area (Å²) in [4.78, 5) is 0. The fourth-order valence-corrected chi connectivity index (χ4v) is 4.09. The van der Waals surface area contributed by atoms with Crippen LogP contribution in [0.4, 0.5) is 0 Å². The number of methoxy groups -OCH3 is 1. The molecule has 0 radical (unpaired) electrons. The van der Waals surface area contributed by atoms with E-state index in [0.717, 1.165) is 5.75 Å². The Labute approximate surface area is 121 Å². The Morgan fingerprint density at radius 2 is 1.75 bits per heavy atom. The lowest BCUT2D eigenvalue weighted by atomic mass is 10.0. The summed E-state index contributed by atoms with van der Waals surface area (Å²) in [5, 5.41) is 5.26. The first-order valence-electron chi connectivity index (χ1n) is 6.66. The van der Waals surface area contributed by atoms with Crippen molar-refractivity contribution in [2.24, 2.45) is 0 Å². The van der Waals surface area contributed by atoms with Crippen molar-refractivity contribution in [2.45, 2.75) is 6.92 Å². The highest BCUT2D eigenvalue weighted by molar-refractivity contribution is 7.26. The van der Waals surface area contributed by atoms with Crippen molar-refractivity contribution in [3.63, 3.8) is 0 Å². The Kier molecular flexibility index (Phi) is 2.48. The lowest BCUT2D eigenvalue weighted by molar-refractivity contribution is 0.415. The Balaban J connectivity index is 2.22. The average Bonchev–Trinajstić information content (AvgIpc) is 2.86. The van der Waals surface area contributed by atoms with Crippen molar-refractivity contribution < 1.29 is 4.74 Å². The van der Waals surface area contributed by atoms with Crippen LogP contribution in [-0.4, -0.2) is 7.11 Å². The molecule has 0 aliphatic heterocycles. The highest BCUT2D eigenvalue weighted by Gasteiger charge is 2.10. The molecule has 1 heterocycles. The molecule has 98 valence electrons. The molecule has 0 atom stereocenters. The highest BCUT2D eigenvalue weighted by Crippen LogP contribution is 2.39. The number of hydrogen-bond donors (Lipinski definition) is 0. The van der Waals surface area contributed by atoms with Gasteiger partial charge in [-0.15, -0.1) is 11.3 Å². The number of fused-ring (bicyclic) bond motifs is 4. The van der Waals surface area contributed by atoms with E-state index in [0.29, 0.717) is 0 Å². The summed E-state index contributed by atoms with van der Waals surface area (Å²) in [6.45, 7) is 2.21. The lowest BCUT2D eigenvalue weighted by Crippen LogP contribution is -1.84. The van der Waals surface area contributed by atoms with E-state index in [1.165, 1.54) is 36.5 Å². The molecule has 2 heteroatoms. The Morgan fingerprint density at radius 1 is 0.900 bits per heavy atom. The Bertz CT molecular complexity index is 950. The molecule has 0 saturated carbocycles. The predicted octanol–water partition coefficient (Wildman–Crippen LogP) is 5.52. The van der Waals surface area contributed by atoms with Crippen LogP contribution < -0.4 is 4.74 Å². The van der Waals surface area contributed by atoms with Gasteiger partial charge in [-0.25, -0.2) is 0 Å². The van der Waals surface area contributed by atoms with E-state index in [2.05, 4.69) is 49.4 Å². The first-order chi connectivity index (χ1) is 9.78. The van der Waals surface area contributed by atoms with Crippen molar-refractivity contribution in [3.8, 4) is 5.75 Å². The SMILES string of the molecule is COc1ccc2c(C)c3sc4ccccc4c3cc2c1. The van der Waals surface area contributed by atoms with Crippen LogP contribution in [0.15, 0.2) is 48.5 Å². The molecule has 0 unspecified atom stereocenters. The van der Waals surface area contributed by atoms with E-state index in [-0.39, 0.29) is 0 Å². The van der Waals surface area contributed by atoms with Crippen LogP contribution in [0.2, 0.25) is 0 Å². The predicted molar refractivity (Wildman–Crippen MR) is 88.1 cm³/mol. The third-order valence-corrected chi connectivity index (χ3v) is 5.24. The molecular formula is C18H14OS. The second-order valence-corrected chi connectivity index (χ2v) is 6.12. The number of benzene rings is 3. The van der Waals surface area contributed by atoms with Gasteiger partial charge < -0.3 is 4.74 Å². The second kappa shape index (κ2) is 4.22. The minimum Gasteiger partial charge on any atom is -0.497 e. The zero-order valence-corrected chi connectivity index (χ0v) is 12.3. The Hall–Kier alpha value is -2.06. The normalized spacial score (nSPS) is 11.5. The molecule has 4 aromatic rings. The zero-order valence-electron chi connectivity index (χ0n) is 11.4. The largest absolute Gasteiger partial charge is 0.497 e. The molecule has 0 N–H and O–H groups in total. The van der Waals surface area contributed by atoms with Crippen LogP contribution >= 0.6 is 11.3 Å². The average molecular weight is 278 g/mol. The maximum absolute atomic E-state index is 5.35. The van der Waals surface area contributed by atoms with Crippen molar-refractivity contribution in [1.82, 2.24) is 0 Å². The third kappa shape index (κ3) is 1.55. The molecule has 4 rings (SSSR count). The zero-order chi connectivity index (χ0) is 13.7. The first-order valence-corrected chi connectivity index (χ1v) is 7.48. The number of rotatable bonds is 1. The second-order valence-electron chi connectivity index (χ2n) is 5.06. The molecule has 20 heavy (non-hydrogen) atoms. The van der Waals surface area contributed by atoms with Gasteiger partial charge in [-0.1, -0.05) is 24.3 Å². The van der Waals surface area contributed by atoms with Crippen molar-refractivity contribution in [3.05, 3.63) is 54.1 Å². The first kappa shape index (κ1) is 11.7. The van der Waals surface area contributed by atoms with Gasteiger partial charge in [0.05, 0.1) is 7.11 Å². The fraction of sp³-hybridized carbons (Fsp3) is 0.111. The molecule has 0 amide bonds. The summed E-state index contributed by atoms with van der Waals surface area (Å²) in [5.41, 5.74) is 1.36. The molecule has 0 aliphatic rings. The van der Waals surface area contributed by atoms with E-state index < -0.39 is 0 Å². The monoisotopic (exact) mass is 278 g/mol. The minimum absolute atomic E-state index is 0.913. The molecule has 0 aliphatic carbocycles. The van der Waals surface area contributed by atoms with Crippen molar-refractivity contribution in [2.75, 3.05) is 7.11 Å². The molecular weight excluding hydrogens is 264 g/mol. The summed E-state index contributed by atoms with van der Waals surface area (Å²) in [7, 11) is 1.71. The molecule has 0 spiro atoms. The van der Waals surface area contributed by atoms with Gasteiger partial charge in [0, 0.05) is 20.2 Å². The van der Waals surface area contributed by atoms with Gasteiger partial charge in [0.1, 0.15) is 5.75 Å². The summed E-state index contributed by atoms with van der Waals surface area (Å²) in [5.74, 6) is 0.913. The number of aryl methyl sites for hydroxylation is 1. The lowest BCUT2D eigenvalue weighted by Gasteiger charge is -2.06. The molecule has 1 aromatic heterocycles. The molecule has 0 saturated heterocycles. The highest BCUT2D eigenvalue weighted by atomic mass is 32.1. The van der Waals surface area contributed by atoms with Crippen LogP contribution in [0.3, 0.4) is 0 Å². The van der Waals surface area contributed by atoms with Gasteiger partial charge in [-0.3, -0.25) is 0 Å². The smallest absolute Gasteiger partial charge is 0.119 e. The number of ether oxygens (including phenoxy) is 1. The van der Waals surface area contributed by atoms with Gasteiger partial charge in [0.2, 0.25) is 0 Å². The van der Waals surface area contributed by atoms with E-state index in [9.17, 15) is 0 Å². The van der Waals surface area contributed by atoms with Crippen LogP contribution in [0.5, 0.6) is 5.75 Å². The van der Waals surface area contributed by atoms with Crippen LogP contribution in [0.1, 0.15) is 5.56 Å². The summed E-state index contributed by atoms with van der Waals surface area (Å²) in [6, 6.07) is 17.2. The molecule has 1 nitrogen and oxygen atoms in total. The maximum atomic E-state index is 5.35. The molecule has 0 bridgehead atoms. The van der Waals surface area contributed by atoms with Crippen LogP contribution in [0.25, 0.3) is 30.9 Å². The molecule has 0 fully saturated rings. The van der Waals surface area contributed by atoms with Crippen LogP contribution in [0, 0.1) is 6.92 Å².